The number of nitrogens with zero attached hydrogens (tertiary/aromatic N) is 1. The molecule has 0 saturated carbocycles. The number of hydrogen-bond acceptors (Lipinski definition) is 7. The maximum atomic E-state index is 13.3. The van der Waals surface area contributed by atoms with E-state index in [-0.39, 0.29) is 38.7 Å². The minimum absolute atomic E-state index is 0.000991. The number of sulfone groups is 1. The molecule has 0 spiro atoms. The highest BCUT2D eigenvalue weighted by Crippen LogP contribution is 2.35. The van der Waals surface area contributed by atoms with Crippen molar-refractivity contribution in [1.29, 1.82) is 0 Å². The van der Waals surface area contributed by atoms with Crippen LogP contribution >= 0.6 is 27.7 Å². The molecule has 0 radical (unpaired) electrons. The molecule has 32 heavy (non-hydrogen) atoms. The van der Waals surface area contributed by atoms with E-state index >= 15 is 0 Å². The minimum atomic E-state index is -3.95. The predicted molar refractivity (Wildman–Crippen MR) is 124 cm³/mol. The first kappa shape index (κ1) is 23.0. The maximum absolute atomic E-state index is 13.3. The van der Waals surface area contributed by atoms with Crippen LogP contribution in [0, 0.1) is 0 Å². The van der Waals surface area contributed by atoms with E-state index in [2.05, 4.69) is 26.2 Å². The summed E-state index contributed by atoms with van der Waals surface area (Å²) in [6.07, 6.45) is 1.95. The summed E-state index contributed by atoms with van der Waals surface area (Å²) in [7, 11) is -3.95. The normalized spacial score (nSPS) is 16.2. The van der Waals surface area contributed by atoms with Gasteiger partial charge in [-0.25, -0.2) is 8.42 Å². The van der Waals surface area contributed by atoms with Gasteiger partial charge in [-0.15, -0.1) is 0 Å². The lowest BCUT2D eigenvalue weighted by Crippen LogP contribution is -2.32. The molecule has 1 aliphatic rings. The zero-order chi connectivity index (χ0) is 22.6. The van der Waals surface area contributed by atoms with Crippen LogP contribution in [-0.2, 0) is 19.4 Å². The molecule has 1 aliphatic heterocycles. The molecule has 3 aromatic rings. The molecular formula is C22H21BrN2O5S2. The first-order valence-corrected chi connectivity index (χ1v) is 13.3. The van der Waals surface area contributed by atoms with E-state index in [1.165, 1.54) is 12.1 Å². The van der Waals surface area contributed by atoms with E-state index in [1.54, 1.807) is 24.3 Å². The molecule has 0 bridgehead atoms. The van der Waals surface area contributed by atoms with Gasteiger partial charge in [0.25, 0.3) is 0 Å². The second kappa shape index (κ2) is 10.2. The Kier molecular flexibility index (Phi) is 7.34. The predicted octanol–water partition coefficient (Wildman–Crippen LogP) is 4.32. The first-order chi connectivity index (χ1) is 15.4. The third-order valence-corrected chi connectivity index (χ3v) is 8.13. The number of rotatable bonds is 8. The average Bonchev–Trinajstić information content (AvgIpc) is 3.47. The van der Waals surface area contributed by atoms with Gasteiger partial charge in [-0.2, -0.15) is 4.98 Å². The van der Waals surface area contributed by atoms with Crippen molar-refractivity contribution < 1.29 is 22.4 Å². The standard InChI is InChI=1S/C22H21BrN2O5S2/c23-16-8-10-18(11-9-16)32(27,28)21-22(30-20(25-21)15-5-2-1-3-6-15)31-14-19(26)24-13-17-7-4-12-29-17/h1-3,5-6,8-11,17H,4,7,12-14H2,(H,24,26)/t17-/m1/s1. The number of hydrogen-bond donors (Lipinski definition) is 1. The van der Waals surface area contributed by atoms with Crippen molar-refractivity contribution >= 4 is 43.4 Å². The van der Waals surface area contributed by atoms with Crippen molar-refractivity contribution in [2.75, 3.05) is 18.9 Å². The van der Waals surface area contributed by atoms with Crippen LogP contribution in [0.1, 0.15) is 12.8 Å². The quantitative estimate of drug-likeness (QED) is 0.428. The Morgan fingerprint density at radius 2 is 1.91 bits per heavy atom. The van der Waals surface area contributed by atoms with Crippen molar-refractivity contribution in [1.82, 2.24) is 10.3 Å². The summed E-state index contributed by atoms with van der Waals surface area (Å²) in [5.41, 5.74) is 0.648. The van der Waals surface area contributed by atoms with Crippen LogP contribution in [-0.4, -0.2) is 44.3 Å². The van der Waals surface area contributed by atoms with E-state index in [0.717, 1.165) is 29.1 Å². The molecule has 0 aliphatic carbocycles. The molecule has 1 fully saturated rings. The van der Waals surface area contributed by atoms with Crippen molar-refractivity contribution in [2.24, 2.45) is 0 Å². The number of carbonyl (C=O) groups is 1. The molecule has 1 saturated heterocycles. The summed E-state index contributed by atoms with van der Waals surface area (Å²) >= 11 is 4.32. The van der Waals surface area contributed by atoms with Crippen LogP contribution in [0.25, 0.3) is 11.5 Å². The van der Waals surface area contributed by atoms with E-state index < -0.39 is 9.84 Å². The first-order valence-electron chi connectivity index (χ1n) is 10.0. The Morgan fingerprint density at radius 3 is 2.59 bits per heavy atom. The molecular weight excluding hydrogens is 516 g/mol. The van der Waals surface area contributed by atoms with Crippen LogP contribution < -0.4 is 5.32 Å². The zero-order valence-corrected chi connectivity index (χ0v) is 20.2. The molecule has 168 valence electrons. The van der Waals surface area contributed by atoms with Gasteiger partial charge in [0.2, 0.25) is 31.8 Å². The van der Waals surface area contributed by atoms with Gasteiger partial charge in [0.1, 0.15) is 0 Å². The van der Waals surface area contributed by atoms with Gasteiger partial charge in [-0.1, -0.05) is 45.9 Å². The fraction of sp³-hybridized carbons (Fsp3) is 0.273. The number of nitrogens with one attached hydrogen (secondary N) is 1. The number of halogens is 1. The lowest BCUT2D eigenvalue weighted by atomic mass is 10.2. The Bertz CT molecular complexity index is 1170. The number of thioether (sulfide) groups is 1. The topological polar surface area (TPSA) is 98.5 Å². The molecule has 1 atom stereocenters. The second-order valence-corrected chi connectivity index (χ2v) is 10.9. The Hall–Kier alpha value is -2.14. The number of amides is 1. The number of benzene rings is 2. The highest BCUT2D eigenvalue weighted by Gasteiger charge is 2.29. The largest absolute Gasteiger partial charge is 0.428 e. The lowest BCUT2D eigenvalue weighted by Gasteiger charge is -2.10. The van der Waals surface area contributed by atoms with Gasteiger partial charge >= 0.3 is 0 Å². The highest BCUT2D eigenvalue weighted by molar-refractivity contribution is 9.10. The molecule has 1 amide bonds. The summed E-state index contributed by atoms with van der Waals surface area (Å²) in [5, 5.41) is 2.71. The molecule has 4 rings (SSSR count). The summed E-state index contributed by atoms with van der Waals surface area (Å²) in [5.74, 6) is -0.0439. The monoisotopic (exact) mass is 536 g/mol. The maximum Gasteiger partial charge on any atom is 0.230 e. The Morgan fingerprint density at radius 1 is 1.16 bits per heavy atom. The smallest absolute Gasteiger partial charge is 0.230 e. The van der Waals surface area contributed by atoms with Gasteiger partial charge in [-0.3, -0.25) is 4.79 Å². The molecule has 1 N–H and O–H groups in total. The van der Waals surface area contributed by atoms with Gasteiger partial charge in [0, 0.05) is 23.2 Å². The number of oxazole rings is 1. The average molecular weight is 537 g/mol. The number of aromatic nitrogens is 1. The second-order valence-electron chi connectivity index (χ2n) is 7.16. The van der Waals surface area contributed by atoms with Gasteiger partial charge in [0.05, 0.1) is 16.8 Å². The summed E-state index contributed by atoms with van der Waals surface area (Å²) in [6.45, 7) is 1.15. The van der Waals surface area contributed by atoms with Crippen molar-refractivity contribution in [3.05, 3.63) is 59.1 Å². The van der Waals surface area contributed by atoms with Crippen molar-refractivity contribution in [3.63, 3.8) is 0 Å². The van der Waals surface area contributed by atoms with Crippen molar-refractivity contribution in [3.8, 4) is 11.5 Å². The van der Waals surface area contributed by atoms with E-state index in [0.29, 0.717) is 18.7 Å². The molecule has 2 aromatic carbocycles. The number of ether oxygens (including phenoxy) is 1. The van der Waals surface area contributed by atoms with Crippen LogP contribution in [0.4, 0.5) is 0 Å². The number of carbonyl (C=O) groups excluding carboxylic acids is 1. The fourth-order valence-electron chi connectivity index (χ4n) is 3.20. The Balaban J connectivity index is 1.57. The van der Waals surface area contributed by atoms with Gasteiger partial charge in [0.15, 0.2) is 0 Å². The fourth-order valence-corrected chi connectivity index (χ4v) is 5.82. The highest BCUT2D eigenvalue weighted by atomic mass is 79.9. The zero-order valence-electron chi connectivity index (χ0n) is 17.0. The van der Waals surface area contributed by atoms with E-state index in [4.69, 9.17) is 9.15 Å². The summed E-state index contributed by atoms with van der Waals surface area (Å²) in [6, 6.07) is 15.3. The van der Waals surface area contributed by atoms with Crippen LogP contribution in [0.5, 0.6) is 0 Å². The third-order valence-electron chi connectivity index (χ3n) is 4.85. The van der Waals surface area contributed by atoms with Crippen LogP contribution in [0.2, 0.25) is 0 Å². The Labute approximate surface area is 199 Å². The molecule has 2 heterocycles. The minimum Gasteiger partial charge on any atom is -0.428 e. The van der Waals surface area contributed by atoms with E-state index in [9.17, 15) is 13.2 Å². The van der Waals surface area contributed by atoms with Crippen LogP contribution in [0.15, 0.2) is 78.5 Å². The lowest BCUT2D eigenvalue weighted by molar-refractivity contribution is -0.119. The van der Waals surface area contributed by atoms with Crippen molar-refractivity contribution in [2.45, 2.75) is 34.0 Å². The summed E-state index contributed by atoms with van der Waals surface area (Å²) < 4.78 is 38.7. The molecule has 7 nitrogen and oxygen atoms in total. The SMILES string of the molecule is O=C(CSc1oc(-c2ccccc2)nc1S(=O)(=O)c1ccc(Br)cc1)NC[C@H]1CCCO1. The molecule has 1 aromatic heterocycles. The summed E-state index contributed by atoms with van der Waals surface area (Å²) in [4.78, 5) is 16.7. The van der Waals surface area contributed by atoms with Gasteiger partial charge < -0.3 is 14.5 Å². The molecule has 0 unspecified atom stereocenters. The van der Waals surface area contributed by atoms with Gasteiger partial charge in [-0.05, 0) is 49.2 Å². The van der Waals surface area contributed by atoms with E-state index in [1.807, 2.05) is 18.2 Å². The van der Waals surface area contributed by atoms with Crippen LogP contribution in [0.3, 0.4) is 0 Å². The third kappa shape index (κ3) is 5.43. The molecule has 10 heteroatoms.